The Bertz CT molecular complexity index is 1250. The maximum absolute atomic E-state index is 12.7. The molecular formula is C25H32N6O2S. The van der Waals surface area contributed by atoms with E-state index >= 15 is 0 Å². The predicted octanol–water partition coefficient (Wildman–Crippen LogP) is 4.92. The van der Waals surface area contributed by atoms with Gasteiger partial charge in [0.15, 0.2) is 5.82 Å². The van der Waals surface area contributed by atoms with E-state index in [2.05, 4.69) is 57.3 Å². The van der Waals surface area contributed by atoms with E-state index in [0.29, 0.717) is 6.54 Å². The summed E-state index contributed by atoms with van der Waals surface area (Å²) >= 11 is 1.47. The first kappa shape index (κ1) is 23.8. The van der Waals surface area contributed by atoms with Gasteiger partial charge in [0.05, 0.1) is 19.4 Å². The number of nitrogens with one attached hydrogen (secondary N) is 1. The van der Waals surface area contributed by atoms with Crippen LogP contribution in [0, 0.1) is 0 Å². The minimum atomic E-state index is -0.172. The number of benzene rings is 1. The van der Waals surface area contributed by atoms with Gasteiger partial charge in [-0.1, -0.05) is 42.5 Å². The van der Waals surface area contributed by atoms with Crippen LogP contribution in [0.4, 0.5) is 10.9 Å². The summed E-state index contributed by atoms with van der Waals surface area (Å²) in [7, 11) is 3.65. The summed E-state index contributed by atoms with van der Waals surface area (Å²) < 4.78 is 7.20. The van der Waals surface area contributed by atoms with E-state index in [-0.39, 0.29) is 18.0 Å². The fraction of sp³-hybridized carbons (Fsp3) is 0.400. The van der Waals surface area contributed by atoms with E-state index in [1.54, 1.807) is 18.2 Å². The Morgan fingerprint density at radius 3 is 2.53 bits per heavy atom. The molecule has 34 heavy (non-hydrogen) atoms. The van der Waals surface area contributed by atoms with E-state index in [4.69, 9.17) is 14.5 Å². The summed E-state index contributed by atoms with van der Waals surface area (Å²) in [6.07, 6.45) is 2.61. The molecule has 0 atom stereocenters. The van der Waals surface area contributed by atoms with E-state index < -0.39 is 0 Å². The van der Waals surface area contributed by atoms with E-state index in [1.165, 1.54) is 16.9 Å². The molecule has 180 valence electrons. The van der Waals surface area contributed by atoms with Crippen molar-refractivity contribution in [1.82, 2.24) is 19.5 Å². The summed E-state index contributed by atoms with van der Waals surface area (Å²) in [6, 6.07) is 12.2. The molecule has 0 bridgehead atoms. The van der Waals surface area contributed by atoms with Gasteiger partial charge in [-0.15, -0.1) is 5.10 Å². The van der Waals surface area contributed by atoms with Crippen LogP contribution in [0.5, 0.6) is 0 Å². The zero-order chi connectivity index (χ0) is 24.5. The number of anilines is 2. The number of rotatable bonds is 8. The zero-order valence-electron chi connectivity index (χ0n) is 20.6. The molecule has 0 aliphatic carbocycles. The van der Waals surface area contributed by atoms with Crippen LogP contribution in [0.25, 0.3) is 16.2 Å². The molecule has 0 fully saturated rings. The lowest BCUT2D eigenvalue weighted by molar-refractivity contribution is -0.129. The minimum Gasteiger partial charge on any atom is -0.467 e. The molecule has 0 saturated heterocycles. The average Bonchev–Trinajstić information content (AvgIpc) is 3.51. The normalized spacial score (nSPS) is 11.7. The second-order valence-corrected chi connectivity index (χ2v) is 10.4. The van der Waals surface area contributed by atoms with Gasteiger partial charge in [0.2, 0.25) is 16.0 Å². The van der Waals surface area contributed by atoms with Crippen LogP contribution in [0.1, 0.15) is 39.0 Å². The number of imidazole rings is 1. The SMILES string of the molecule is CCc1ccc(-c2nc3sc(N(C)CC(=O)N(C)Cc4ccco4)nn3c2NC(C)(C)C)cc1. The number of amides is 1. The van der Waals surface area contributed by atoms with Gasteiger partial charge in [-0.05, 0) is 44.9 Å². The second-order valence-electron chi connectivity index (χ2n) is 9.50. The molecular weight excluding hydrogens is 448 g/mol. The molecule has 0 unspecified atom stereocenters. The topological polar surface area (TPSA) is 78.9 Å². The zero-order valence-corrected chi connectivity index (χ0v) is 21.4. The molecule has 0 aliphatic rings. The molecule has 1 N–H and O–H groups in total. The van der Waals surface area contributed by atoms with Gasteiger partial charge in [0.25, 0.3) is 0 Å². The fourth-order valence-electron chi connectivity index (χ4n) is 3.58. The van der Waals surface area contributed by atoms with Crippen molar-refractivity contribution in [2.24, 2.45) is 0 Å². The Morgan fingerprint density at radius 1 is 1.18 bits per heavy atom. The second kappa shape index (κ2) is 9.50. The number of aryl methyl sites for hydroxylation is 1. The number of fused-ring (bicyclic) bond motifs is 1. The molecule has 3 aromatic heterocycles. The first-order valence-corrected chi connectivity index (χ1v) is 12.2. The molecule has 4 aromatic rings. The maximum Gasteiger partial charge on any atom is 0.242 e. The molecule has 0 aliphatic heterocycles. The quantitative estimate of drug-likeness (QED) is 0.386. The number of carbonyl (C=O) groups is 1. The molecule has 4 rings (SSSR count). The van der Waals surface area contributed by atoms with Gasteiger partial charge < -0.3 is 19.5 Å². The van der Waals surface area contributed by atoms with Crippen LogP contribution in [0.2, 0.25) is 0 Å². The highest BCUT2D eigenvalue weighted by Crippen LogP contribution is 2.34. The number of carbonyl (C=O) groups excluding carboxylic acids is 1. The fourth-order valence-corrected chi connectivity index (χ4v) is 4.44. The van der Waals surface area contributed by atoms with Crippen molar-refractivity contribution in [3.8, 4) is 11.3 Å². The van der Waals surface area contributed by atoms with Crippen LogP contribution in [0.3, 0.4) is 0 Å². The molecule has 3 heterocycles. The average molecular weight is 481 g/mol. The third-order valence-electron chi connectivity index (χ3n) is 5.42. The lowest BCUT2D eigenvalue weighted by atomic mass is 10.1. The van der Waals surface area contributed by atoms with E-state index in [0.717, 1.165) is 39.3 Å². The van der Waals surface area contributed by atoms with Crippen molar-refractivity contribution in [2.75, 3.05) is 30.9 Å². The van der Waals surface area contributed by atoms with Crippen molar-refractivity contribution in [3.05, 3.63) is 54.0 Å². The van der Waals surface area contributed by atoms with Crippen molar-refractivity contribution in [1.29, 1.82) is 0 Å². The molecule has 1 amide bonds. The lowest BCUT2D eigenvalue weighted by Gasteiger charge is -2.22. The molecule has 9 heteroatoms. The number of hydrogen-bond acceptors (Lipinski definition) is 7. The van der Waals surface area contributed by atoms with Gasteiger partial charge in [0.1, 0.15) is 11.5 Å². The molecule has 1 aromatic carbocycles. The number of nitrogens with zero attached hydrogens (tertiary/aromatic N) is 5. The number of hydrogen-bond donors (Lipinski definition) is 1. The Labute approximate surface area is 204 Å². The van der Waals surface area contributed by atoms with Crippen molar-refractivity contribution >= 4 is 33.2 Å². The van der Waals surface area contributed by atoms with Crippen LogP contribution in [-0.2, 0) is 17.8 Å². The summed E-state index contributed by atoms with van der Waals surface area (Å²) in [5, 5.41) is 9.12. The van der Waals surface area contributed by atoms with Crippen molar-refractivity contribution < 1.29 is 9.21 Å². The Kier molecular flexibility index (Phi) is 6.65. The summed E-state index contributed by atoms with van der Waals surface area (Å²) in [4.78, 5) is 21.9. The first-order valence-electron chi connectivity index (χ1n) is 11.4. The number of likely N-dealkylation sites (N-methyl/N-ethyl adjacent to an activating group) is 2. The highest BCUT2D eigenvalue weighted by Gasteiger charge is 2.24. The Balaban J connectivity index is 1.59. The number of furan rings is 1. The monoisotopic (exact) mass is 480 g/mol. The molecule has 0 saturated carbocycles. The predicted molar refractivity (Wildman–Crippen MR) is 138 cm³/mol. The third-order valence-corrected chi connectivity index (χ3v) is 6.44. The van der Waals surface area contributed by atoms with Crippen LogP contribution in [0.15, 0.2) is 47.1 Å². The smallest absolute Gasteiger partial charge is 0.242 e. The van der Waals surface area contributed by atoms with E-state index in [9.17, 15) is 4.79 Å². The summed E-state index contributed by atoms with van der Waals surface area (Å²) in [5.74, 6) is 1.59. The van der Waals surface area contributed by atoms with Gasteiger partial charge in [-0.3, -0.25) is 4.79 Å². The molecule has 8 nitrogen and oxygen atoms in total. The summed E-state index contributed by atoms with van der Waals surface area (Å²) in [5.41, 5.74) is 3.04. The summed E-state index contributed by atoms with van der Waals surface area (Å²) in [6.45, 7) is 9.13. The van der Waals surface area contributed by atoms with Crippen LogP contribution >= 0.6 is 11.3 Å². The Hall–Kier alpha value is -3.33. The molecule has 0 spiro atoms. The highest BCUT2D eigenvalue weighted by atomic mass is 32.1. The third kappa shape index (κ3) is 5.25. The largest absolute Gasteiger partial charge is 0.467 e. The highest BCUT2D eigenvalue weighted by molar-refractivity contribution is 7.20. The Morgan fingerprint density at radius 2 is 1.91 bits per heavy atom. The van der Waals surface area contributed by atoms with Crippen LogP contribution in [-0.4, -0.2) is 51.6 Å². The lowest BCUT2D eigenvalue weighted by Crippen LogP contribution is -2.36. The number of aromatic nitrogens is 3. The van der Waals surface area contributed by atoms with Gasteiger partial charge in [-0.25, -0.2) is 4.98 Å². The first-order chi connectivity index (χ1) is 16.1. The maximum atomic E-state index is 12.7. The van der Waals surface area contributed by atoms with Crippen molar-refractivity contribution in [3.63, 3.8) is 0 Å². The van der Waals surface area contributed by atoms with E-state index in [1.807, 2.05) is 28.6 Å². The van der Waals surface area contributed by atoms with Crippen LogP contribution < -0.4 is 10.2 Å². The minimum absolute atomic E-state index is 0.0171. The van der Waals surface area contributed by atoms with Gasteiger partial charge in [-0.2, -0.15) is 4.52 Å². The molecule has 0 radical (unpaired) electrons. The van der Waals surface area contributed by atoms with Crippen molar-refractivity contribution in [2.45, 2.75) is 46.2 Å². The van der Waals surface area contributed by atoms with Gasteiger partial charge in [0, 0.05) is 25.2 Å². The standard InChI is InChI=1S/C25H32N6O2S/c1-7-17-10-12-18(13-11-17)21-22(27-25(2,3)4)31-23(26-21)34-24(28-31)30(6)16-20(32)29(5)15-19-9-8-14-33-19/h8-14,27H,7,15-16H2,1-6H3. The van der Waals surface area contributed by atoms with Gasteiger partial charge >= 0.3 is 0 Å².